The predicted octanol–water partition coefficient (Wildman–Crippen LogP) is 3.93. The lowest BCUT2D eigenvalue weighted by Gasteiger charge is -2.08. The van der Waals surface area contributed by atoms with E-state index >= 15 is 0 Å². The molecule has 0 bridgehead atoms. The topological polar surface area (TPSA) is 26.0 Å². The summed E-state index contributed by atoms with van der Waals surface area (Å²) in [5, 5.41) is 0. The van der Waals surface area contributed by atoms with Crippen molar-refractivity contribution in [3.63, 3.8) is 0 Å². The molecular weight excluding hydrogens is 237 g/mol. The van der Waals surface area contributed by atoms with Crippen molar-refractivity contribution in [1.82, 2.24) is 0 Å². The van der Waals surface area contributed by atoms with Gasteiger partial charge in [0.25, 0.3) is 0 Å². The second-order valence-electron chi connectivity index (χ2n) is 3.92. The Morgan fingerprint density at radius 3 is 2.18 bits per heavy atom. The molecule has 0 radical (unpaired) electrons. The number of nitrogens with two attached hydrogens (primary N) is 1. The first-order chi connectivity index (χ1) is 7.66. The molecule has 2 aromatic rings. The summed E-state index contributed by atoms with van der Waals surface area (Å²) in [6.07, 6.45) is 0. The fraction of sp³-hybridized carbons (Fsp3) is 0.143. The molecule has 1 nitrogen and oxygen atoms in total. The van der Waals surface area contributed by atoms with Gasteiger partial charge in [-0.3, -0.25) is 0 Å². The van der Waals surface area contributed by atoms with Crippen LogP contribution in [0.2, 0.25) is 0 Å². The Bertz CT molecular complexity index is 497. The van der Waals surface area contributed by atoms with E-state index in [1.54, 1.807) is 6.07 Å². The molecule has 90 valence electrons. The monoisotopic (exact) mass is 251 g/mol. The van der Waals surface area contributed by atoms with Crippen molar-refractivity contribution in [2.45, 2.75) is 13.0 Å². The lowest BCUT2D eigenvalue weighted by molar-refractivity contribution is 0.628. The molecule has 2 aromatic carbocycles. The average Bonchev–Trinajstić information content (AvgIpc) is 2.29. The maximum Gasteiger partial charge on any atom is 0.123 e. The minimum Gasteiger partial charge on any atom is -0.324 e. The van der Waals surface area contributed by atoms with Crippen molar-refractivity contribution in [2.75, 3.05) is 0 Å². The van der Waals surface area contributed by atoms with Gasteiger partial charge in [0.15, 0.2) is 0 Å². The van der Waals surface area contributed by atoms with E-state index in [1.165, 1.54) is 12.1 Å². The highest BCUT2D eigenvalue weighted by Crippen LogP contribution is 2.22. The molecule has 1 atom stereocenters. The smallest absolute Gasteiger partial charge is 0.123 e. The van der Waals surface area contributed by atoms with Gasteiger partial charge < -0.3 is 5.73 Å². The Labute approximate surface area is 107 Å². The van der Waals surface area contributed by atoms with Crippen molar-refractivity contribution in [3.8, 4) is 11.1 Å². The summed E-state index contributed by atoms with van der Waals surface area (Å²) >= 11 is 0. The van der Waals surface area contributed by atoms with E-state index in [4.69, 9.17) is 5.73 Å². The average molecular weight is 252 g/mol. The van der Waals surface area contributed by atoms with Gasteiger partial charge in [-0.05, 0) is 41.8 Å². The molecule has 0 amide bonds. The fourth-order valence-corrected chi connectivity index (χ4v) is 1.67. The molecule has 0 unspecified atom stereocenters. The largest absolute Gasteiger partial charge is 0.324 e. The van der Waals surface area contributed by atoms with Gasteiger partial charge in [0.05, 0.1) is 0 Å². The highest BCUT2D eigenvalue weighted by Gasteiger charge is 2.03. The first-order valence-electron chi connectivity index (χ1n) is 5.28. The molecule has 0 aliphatic heterocycles. The van der Waals surface area contributed by atoms with E-state index in [0.717, 1.165) is 16.7 Å². The molecule has 0 spiro atoms. The number of hydrogen-bond donors (Lipinski definition) is 1. The van der Waals surface area contributed by atoms with Crippen LogP contribution in [0.1, 0.15) is 18.5 Å². The highest BCUT2D eigenvalue weighted by atomic mass is 35.5. The SMILES string of the molecule is C[C@H](N)c1cccc(-c2cccc(F)c2)c1.Cl. The normalized spacial score (nSPS) is 11.7. The summed E-state index contributed by atoms with van der Waals surface area (Å²) in [5.41, 5.74) is 8.75. The van der Waals surface area contributed by atoms with Crippen LogP contribution in [0.4, 0.5) is 4.39 Å². The summed E-state index contributed by atoms with van der Waals surface area (Å²) in [4.78, 5) is 0. The van der Waals surface area contributed by atoms with E-state index in [-0.39, 0.29) is 24.3 Å². The van der Waals surface area contributed by atoms with Gasteiger partial charge >= 0.3 is 0 Å². The Balaban J connectivity index is 0.00000144. The number of rotatable bonds is 2. The van der Waals surface area contributed by atoms with Gasteiger partial charge in [-0.15, -0.1) is 12.4 Å². The molecule has 2 rings (SSSR count). The van der Waals surface area contributed by atoms with E-state index in [1.807, 2.05) is 37.3 Å². The molecular formula is C14H15ClFN. The third kappa shape index (κ3) is 3.29. The predicted molar refractivity (Wildman–Crippen MR) is 71.7 cm³/mol. The van der Waals surface area contributed by atoms with Crippen LogP contribution >= 0.6 is 12.4 Å². The lowest BCUT2D eigenvalue weighted by atomic mass is 10.0. The third-order valence-corrected chi connectivity index (χ3v) is 2.57. The van der Waals surface area contributed by atoms with Gasteiger partial charge in [-0.1, -0.05) is 30.3 Å². The molecule has 17 heavy (non-hydrogen) atoms. The van der Waals surface area contributed by atoms with Crippen LogP contribution in [0.3, 0.4) is 0 Å². The molecule has 0 aliphatic carbocycles. The van der Waals surface area contributed by atoms with Gasteiger partial charge in [0.2, 0.25) is 0 Å². The second-order valence-corrected chi connectivity index (χ2v) is 3.92. The van der Waals surface area contributed by atoms with Gasteiger partial charge in [0, 0.05) is 6.04 Å². The van der Waals surface area contributed by atoms with E-state index in [0.29, 0.717) is 0 Å². The van der Waals surface area contributed by atoms with Crippen LogP contribution in [0.25, 0.3) is 11.1 Å². The van der Waals surface area contributed by atoms with Crippen molar-refractivity contribution in [3.05, 3.63) is 59.9 Å². The van der Waals surface area contributed by atoms with E-state index in [2.05, 4.69) is 0 Å². The van der Waals surface area contributed by atoms with Gasteiger partial charge in [-0.25, -0.2) is 4.39 Å². The minimum atomic E-state index is -0.219. The van der Waals surface area contributed by atoms with E-state index < -0.39 is 0 Å². The molecule has 0 saturated carbocycles. The zero-order chi connectivity index (χ0) is 11.5. The lowest BCUT2D eigenvalue weighted by Crippen LogP contribution is -2.04. The maximum absolute atomic E-state index is 13.1. The standard InChI is InChI=1S/C14H14FN.ClH/c1-10(16)11-4-2-5-12(8-11)13-6-3-7-14(15)9-13;/h2-10H,16H2,1H3;1H/t10-;/m0./s1. The summed E-state index contributed by atoms with van der Waals surface area (Å²) in [5.74, 6) is -0.219. The van der Waals surface area contributed by atoms with Crippen molar-refractivity contribution < 1.29 is 4.39 Å². The summed E-state index contributed by atoms with van der Waals surface area (Å²) in [6.45, 7) is 1.94. The Morgan fingerprint density at radius 1 is 1.00 bits per heavy atom. The fourth-order valence-electron chi connectivity index (χ4n) is 1.67. The molecule has 0 aliphatic rings. The van der Waals surface area contributed by atoms with E-state index in [9.17, 15) is 4.39 Å². The second kappa shape index (κ2) is 5.80. The first-order valence-corrected chi connectivity index (χ1v) is 5.28. The Morgan fingerprint density at radius 2 is 1.59 bits per heavy atom. The molecule has 0 saturated heterocycles. The van der Waals surface area contributed by atoms with Crippen LogP contribution in [-0.4, -0.2) is 0 Å². The zero-order valence-electron chi connectivity index (χ0n) is 9.56. The maximum atomic E-state index is 13.1. The minimum absolute atomic E-state index is 0. The highest BCUT2D eigenvalue weighted by molar-refractivity contribution is 5.85. The number of benzene rings is 2. The van der Waals surface area contributed by atoms with Gasteiger partial charge in [-0.2, -0.15) is 0 Å². The Kier molecular flexibility index (Phi) is 4.67. The number of halogens is 2. The van der Waals surface area contributed by atoms with Gasteiger partial charge in [0.1, 0.15) is 5.82 Å². The first kappa shape index (κ1) is 13.7. The third-order valence-electron chi connectivity index (χ3n) is 2.57. The molecule has 2 N–H and O–H groups in total. The van der Waals surface area contributed by atoms with Crippen LogP contribution in [0.15, 0.2) is 48.5 Å². The summed E-state index contributed by atoms with van der Waals surface area (Å²) in [6, 6.07) is 14.5. The van der Waals surface area contributed by atoms with Crippen LogP contribution in [-0.2, 0) is 0 Å². The van der Waals surface area contributed by atoms with Crippen LogP contribution in [0, 0.1) is 5.82 Å². The molecule has 0 aromatic heterocycles. The number of hydrogen-bond acceptors (Lipinski definition) is 1. The Hall–Kier alpha value is -1.38. The van der Waals surface area contributed by atoms with Crippen molar-refractivity contribution in [1.29, 1.82) is 0 Å². The molecule has 0 fully saturated rings. The summed E-state index contributed by atoms with van der Waals surface area (Å²) < 4.78 is 13.1. The van der Waals surface area contributed by atoms with Crippen LogP contribution in [0.5, 0.6) is 0 Å². The van der Waals surface area contributed by atoms with Crippen molar-refractivity contribution >= 4 is 12.4 Å². The summed E-state index contributed by atoms with van der Waals surface area (Å²) in [7, 11) is 0. The van der Waals surface area contributed by atoms with Crippen molar-refractivity contribution in [2.24, 2.45) is 5.73 Å². The molecule has 0 heterocycles. The molecule has 3 heteroatoms. The zero-order valence-corrected chi connectivity index (χ0v) is 10.4. The quantitative estimate of drug-likeness (QED) is 0.860. The van der Waals surface area contributed by atoms with Crippen LogP contribution < -0.4 is 5.73 Å².